The fraction of sp³-hybridized carbons (Fsp3) is 0.167. The van der Waals surface area contributed by atoms with Crippen molar-refractivity contribution >= 4 is 38.9 Å². The molecule has 0 radical (unpaired) electrons. The number of hydrogen-bond donors (Lipinski definition) is 1. The highest BCUT2D eigenvalue weighted by Crippen LogP contribution is 2.24. The van der Waals surface area contributed by atoms with Gasteiger partial charge in [0.1, 0.15) is 11.9 Å². The third kappa shape index (κ3) is 5.04. The van der Waals surface area contributed by atoms with Gasteiger partial charge in [-0.15, -0.1) is 0 Å². The summed E-state index contributed by atoms with van der Waals surface area (Å²) in [7, 11) is -3.81. The Hall–Kier alpha value is -3.45. The quantitative estimate of drug-likeness (QED) is 0.571. The minimum atomic E-state index is -3.81. The van der Waals surface area contributed by atoms with Crippen LogP contribution in [0.1, 0.15) is 15.9 Å². The Bertz CT molecular complexity index is 1370. The number of nitriles is 1. The molecular weight excluding hydrogens is 479 g/mol. The van der Waals surface area contributed by atoms with E-state index in [1.807, 2.05) is 11.0 Å². The molecule has 34 heavy (non-hydrogen) atoms. The molecule has 0 aliphatic carbocycles. The summed E-state index contributed by atoms with van der Waals surface area (Å²) >= 11 is 6.01. The molecule has 1 N–H and O–H groups in total. The van der Waals surface area contributed by atoms with Crippen LogP contribution < -0.4 is 10.2 Å². The van der Waals surface area contributed by atoms with E-state index in [9.17, 15) is 17.6 Å². The van der Waals surface area contributed by atoms with E-state index < -0.39 is 15.9 Å². The summed E-state index contributed by atoms with van der Waals surface area (Å²) in [5.41, 5.74) is 1.68. The van der Waals surface area contributed by atoms with Crippen LogP contribution in [0.25, 0.3) is 0 Å². The standard InChI is InChI=1S/C24H20ClFN4O3S/c25-23-15-20(7-4-18(23)16-27)28-24(31)17-2-1-3-22(14-17)34(32,33)30-12-10-29(11-13-30)21-8-5-19(26)6-9-21/h1-9,14-15H,10-13H2,(H,28,31). The molecule has 3 aromatic rings. The number of anilines is 2. The van der Waals surface area contributed by atoms with E-state index in [2.05, 4.69) is 5.32 Å². The Balaban J connectivity index is 1.46. The molecule has 3 aromatic carbocycles. The summed E-state index contributed by atoms with van der Waals surface area (Å²) in [6, 6.07) is 18.4. The molecule has 1 heterocycles. The minimum absolute atomic E-state index is 0.0215. The van der Waals surface area contributed by atoms with Crippen LogP contribution in [-0.4, -0.2) is 44.8 Å². The van der Waals surface area contributed by atoms with Gasteiger partial charge in [-0.3, -0.25) is 4.79 Å². The number of piperazine rings is 1. The molecule has 0 bridgehead atoms. The van der Waals surface area contributed by atoms with Gasteiger partial charge < -0.3 is 10.2 Å². The number of sulfonamides is 1. The second kappa shape index (κ2) is 9.81. The van der Waals surface area contributed by atoms with E-state index >= 15 is 0 Å². The van der Waals surface area contributed by atoms with E-state index in [1.165, 1.54) is 52.8 Å². The summed E-state index contributed by atoms with van der Waals surface area (Å²) in [6.45, 7) is 1.45. The van der Waals surface area contributed by atoms with Crippen molar-refractivity contribution in [1.29, 1.82) is 5.26 Å². The molecule has 1 amide bonds. The molecule has 0 atom stereocenters. The Morgan fingerprint density at radius 1 is 1.00 bits per heavy atom. The van der Waals surface area contributed by atoms with Gasteiger partial charge in [0.05, 0.1) is 15.5 Å². The predicted octanol–water partition coefficient (Wildman–Crippen LogP) is 4.11. The molecule has 1 aliphatic heterocycles. The lowest BCUT2D eigenvalue weighted by Crippen LogP contribution is -2.48. The van der Waals surface area contributed by atoms with Crippen LogP contribution in [0.15, 0.2) is 71.6 Å². The average Bonchev–Trinajstić information content (AvgIpc) is 2.85. The monoisotopic (exact) mass is 498 g/mol. The third-order valence-corrected chi connectivity index (χ3v) is 7.72. The number of carbonyl (C=O) groups is 1. The number of benzene rings is 3. The maximum absolute atomic E-state index is 13.2. The maximum Gasteiger partial charge on any atom is 0.255 e. The van der Waals surface area contributed by atoms with Crippen molar-refractivity contribution in [1.82, 2.24) is 4.31 Å². The SMILES string of the molecule is N#Cc1ccc(NC(=O)c2cccc(S(=O)(=O)N3CCN(c4ccc(F)cc4)CC3)c2)cc1Cl. The maximum atomic E-state index is 13.2. The van der Waals surface area contributed by atoms with Gasteiger partial charge in [-0.2, -0.15) is 9.57 Å². The van der Waals surface area contributed by atoms with Gasteiger partial charge in [-0.1, -0.05) is 17.7 Å². The van der Waals surface area contributed by atoms with Gasteiger partial charge in [0, 0.05) is 43.1 Å². The first-order chi connectivity index (χ1) is 16.3. The molecule has 7 nitrogen and oxygen atoms in total. The lowest BCUT2D eigenvalue weighted by atomic mass is 10.2. The van der Waals surface area contributed by atoms with Crippen LogP contribution >= 0.6 is 11.6 Å². The first kappa shape index (κ1) is 23.7. The molecule has 0 saturated carbocycles. The van der Waals surface area contributed by atoms with Crippen molar-refractivity contribution in [2.75, 3.05) is 36.4 Å². The Morgan fingerprint density at radius 2 is 1.71 bits per heavy atom. The predicted molar refractivity (Wildman–Crippen MR) is 128 cm³/mol. The zero-order valence-electron chi connectivity index (χ0n) is 17.9. The van der Waals surface area contributed by atoms with E-state index in [0.29, 0.717) is 18.8 Å². The van der Waals surface area contributed by atoms with Crippen molar-refractivity contribution < 1.29 is 17.6 Å². The Morgan fingerprint density at radius 3 is 2.35 bits per heavy atom. The fourth-order valence-corrected chi connectivity index (χ4v) is 5.36. The van der Waals surface area contributed by atoms with E-state index in [0.717, 1.165) is 5.69 Å². The van der Waals surface area contributed by atoms with Crippen molar-refractivity contribution in [2.45, 2.75) is 4.90 Å². The molecule has 0 unspecified atom stereocenters. The molecule has 1 aliphatic rings. The Labute approximate surface area is 202 Å². The number of hydrogen-bond acceptors (Lipinski definition) is 5. The Kier molecular flexibility index (Phi) is 6.84. The van der Waals surface area contributed by atoms with Crippen LogP contribution in [0.2, 0.25) is 5.02 Å². The molecule has 0 aromatic heterocycles. The lowest BCUT2D eigenvalue weighted by molar-refractivity contribution is 0.102. The normalized spacial score (nSPS) is 14.4. The lowest BCUT2D eigenvalue weighted by Gasteiger charge is -2.35. The van der Waals surface area contributed by atoms with E-state index in [-0.39, 0.29) is 40.0 Å². The largest absolute Gasteiger partial charge is 0.369 e. The fourth-order valence-electron chi connectivity index (χ4n) is 3.67. The van der Waals surface area contributed by atoms with Gasteiger partial charge in [-0.25, -0.2) is 12.8 Å². The molecule has 1 fully saturated rings. The first-order valence-electron chi connectivity index (χ1n) is 10.4. The summed E-state index contributed by atoms with van der Waals surface area (Å²) < 4.78 is 41.0. The smallest absolute Gasteiger partial charge is 0.255 e. The summed E-state index contributed by atoms with van der Waals surface area (Å²) in [5.74, 6) is -0.824. The number of nitrogens with zero attached hydrogens (tertiary/aromatic N) is 3. The van der Waals surface area contributed by atoms with Gasteiger partial charge in [-0.05, 0) is 60.7 Å². The third-order valence-electron chi connectivity index (χ3n) is 5.51. The van der Waals surface area contributed by atoms with Crippen LogP contribution in [0.3, 0.4) is 0 Å². The van der Waals surface area contributed by atoms with Crippen molar-refractivity contribution in [3.8, 4) is 6.07 Å². The van der Waals surface area contributed by atoms with Gasteiger partial charge >= 0.3 is 0 Å². The van der Waals surface area contributed by atoms with Gasteiger partial charge in [0.25, 0.3) is 5.91 Å². The molecule has 10 heteroatoms. The zero-order valence-corrected chi connectivity index (χ0v) is 19.5. The van der Waals surface area contributed by atoms with Crippen LogP contribution in [0.4, 0.5) is 15.8 Å². The van der Waals surface area contributed by atoms with Crippen LogP contribution in [0, 0.1) is 17.1 Å². The molecule has 1 saturated heterocycles. The van der Waals surface area contributed by atoms with Crippen molar-refractivity contribution in [3.05, 3.63) is 88.7 Å². The van der Waals surface area contributed by atoms with Crippen molar-refractivity contribution in [3.63, 3.8) is 0 Å². The number of rotatable bonds is 5. The second-order valence-electron chi connectivity index (χ2n) is 7.66. The number of carbonyl (C=O) groups excluding carboxylic acids is 1. The van der Waals surface area contributed by atoms with Gasteiger partial charge in [0.15, 0.2) is 0 Å². The molecule has 0 spiro atoms. The highest BCUT2D eigenvalue weighted by atomic mass is 35.5. The summed E-state index contributed by atoms with van der Waals surface area (Å²) in [6.07, 6.45) is 0. The van der Waals surface area contributed by atoms with Gasteiger partial charge in [0.2, 0.25) is 10.0 Å². The number of amides is 1. The molecule has 4 rings (SSSR count). The minimum Gasteiger partial charge on any atom is -0.369 e. The second-order valence-corrected chi connectivity index (χ2v) is 10.0. The molecular formula is C24H20ClFN4O3S. The summed E-state index contributed by atoms with van der Waals surface area (Å²) in [4.78, 5) is 14.7. The van der Waals surface area contributed by atoms with Crippen molar-refractivity contribution in [2.24, 2.45) is 0 Å². The zero-order chi connectivity index (χ0) is 24.3. The highest BCUT2D eigenvalue weighted by Gasteiger charge is 2.29. The van der Waals surface area contributed by atoms with Crippen LogP contribution in [-0.2, 0) is 10.0 Å². The molecule has 174 valence electrons. The first-order valence-corrected chi connectivity index (χ1v) is 12.2. The average molecular weight is 499 g/mol. The number of nitrogens with one attached hydrogen (secondary N) is 1. The van der Waals surface area contributed by atoms with E-state index in [4.69, 9.17) is 16.9 Å². The topological polar surface area (TPSA) is 93.5 Å². The van der Waals surface area contributed by atoms with Crippen LogP contribution in [0.5, 0.6) is 0 Å². The highest BCUT2D eigenvalue weighted by molar-refractivity contribution is 7.89. The number of halogens is 2. The van der Waals surface area contributed by atoms with E-state index in [1.54, 1.807) is 18.2 Å². The summed E-state index contributed by atoms with van der Waals surface area (Å²) in [5, 5.41) is 11.8.